The van der Waals surface area contributed by atoms with Gasteiger partial charge in [0.15, 0.2) is 0 Å². The lowest BCUT2D eigenvalue weighted by Gasteiger charge is -2.33. The van der Waals surface area contributed by atoms with Crippen molar-refractivity contribution in [1.29, 1.82) is 0 Å². The molecular weight excluding hydrogens is 398 g/mol. The van der Waals surface area contributed by atoms with E-state index in [1.54, 1.807) is 4.90 Å². The Hall–Kier alpha value is -1.54. The van der Waals surface area contributed by atoms with Gasteiger partial charge in [-0.2, -0.15) is 0 Å². The molecule has 0 radical (unpaired) electrons. The summed E-state index contributed by atoms with van der Waals surface area (Å²) in [5.41, 5.74) is -1.29. The summed E-state index contributed by atoms with van der Waals surface area (Å²) >= 11 is 0. The molecule has 0 bridgehead atoms. The lowest BCUT2D eigenvalue weighted by atomic mass is 10.0. The Morgan fingerprint density at radius 2 is 1.48 bits per heavy atom. The van der Waals surface area contributed by atoms with Gasteiger partial charge in [-0.3, -0.25) is 0 Å². The fourth-order valence-electron chi connectivity index (χ4n) is 3.15. The number of carbonyl (C=O) groups excluding carboxylic acids is 2. The van der Waals surface area contributed by atoms with Gasteiger partial charge in [-0.25, -0.2) is 9.59 Å². The Balaban J connectivity index is 2.09. The highest BCUT2D eigenvalue weighted by Crippen LogP contribution is 2.17. The van der Waals surface area contributed by atoms with E-state index >= 15 is 0 Å². The molecule has 0 unspecified atom stereocenters. The fraction of sp³-hybridized carbons (Fsp3) is 0.913. The van der Waals surface area contributed by atoms with Crippen LogP contribution in [0.3, 0.4) is 0 Å². The number of alkyl carbamates (subject to hydrolysis) is 1. The number of nitrogens with one attached hydrogen (secondary N) is 2. The third-order valence-corrected chi connectivity index (χ3v) is 4.71. The van der Waals surface area contributed by atoms with E-state index < -0.39 is 11.2 Å². The van der Waals surface area contributed by atoms with Crippen molar-refractivity contribution in [2.75, 3.05) is 32.8 Å². The standard InChI is InChI=1S/C23H45N3O5/c1-21(2,3)30-19(27)25-23(7,8)12-14-24-13-9-17-29-18-10-15-26(16-11-18)20(28)31-22(4,5)6/h18,24H,9-17H2,1-8H3,(H,25,27). The SMILES string of the molecule is CC(C)(CCNCCCOC1CCN(C(=O)OC(C)(C)C)CC1)NC(=O)OC(C)(C)C. The van der Waals surface area contributed by atoms with Crippen LogP contribution in [-0.4, -0.2) is 72.7 Å². The van der Waals surface area contributed by atoms with Crippen LogP contribution in [0.2, 0.25) is 0 Å². The zero-order valence-electron chi connectivity index (χ0n) is 20.9. The maximum absolute atomic E-state index is 12.1. The van der Waals surface area contributed by atoms with Crippen LogP contribution in [0.1, 0.15) is 81.1 Å². The van der Waals surface area contributed by atoms with Crippen LogP contribution < -0.4 is 10.6 Å². The molecule has 0 atom stereocenters. The number of rotatable bonds is 9. The topological polar surface area (TPSA) is 89.1 Å². The third-order valence-electron chi connectivity index (χ3n) is 4.71. The molecule has 2 amide bonds. The van der Waals surface area contributed by atoms with Gasteiger partial charge >= 0.3 is 12.2 Å². The van der Waals surface area contributed by atoms with Crippen molar-refractivity contribution in [1.82, 2.24) is 15.5 Å². The minimum atomic E-state index is -0.495. The smallest absolute Gasteiger partial charge is 0.410 e. The van der Waals surface area contributed by atoms with Gasteiger partial charge in [-0.05, 0) is 94.2 Å². The lowest BCUT2D eigenvalue weighted by Crippen LogP contribution is -2.47. The second-order valence-corrected chi connectivity index (χ2v) is 10.9. The van der Waals surface area contributed by atoms with E-state index in [-0.39, 0.29) is 23.8 Å². The number of likely N-dealkylation sites (tertiary alicyclic amines) is 1. The minimum Gasteiger partial charge on any atom is -0.444 e. The summed E-state index contributed by atoms with van der Waals surface area (Å²) in [7, 11) is 0. The van der Waals surface area contributed by atoms with E-state index in [2.05, 4.69) is 10.6 Å². The van der Waals surface area contributed by atoms with Crippen LogP contribution in [0.4, 0.5) is 9.59 Å². The van der Waals surface area contributed by atoms with Crippen LogP contribution in [0, 0.1) is 0 Å². The summed E-state index contributed by atoms with van der Waals surface area (Å²) in [5.74, 6) is 0. The third kappa shape index (κ3) is 13.5. The summed E-state index contributed by atoms with van der Waals surface area (Å²) < 4.78 is 16.7. The van der Waals surface area contributed by atoms with Crippen LogP contribution in [0.15, 0.2) is 0 Å². The fourth-order valence-corrected chi connectivity index (χ4v) is 3.15. The Bertz CT molecular complexity index is 559. The van der Waals surface area contributed by atoms with Gasteiger partial charge < -0.3 is 29.7 Å². The molecule has 1 saturated heterocycles. The molecule has 0 aromatic heterocycles. The predicted molar refractivity (Wildman–Crippen MR) is 122 cm³/mol. The number of ether oxygens (including phenoxy) is 3. The van der Waals surface area contributed by atoms with E-state index in [4.69, 9.17) is 14.2 Å². The normalized spacial score (nSPS) is 16.2. The van der Waals surface area contributed by atoms with Crippen molar-refractivity contribution in [3.63, 3.8) is 0 Å². The molecule has 1 heterocycles. The molecule has 0 aliphatic carbocycles. The monoisotopic (exact) mass is 443 g/mol. The lowest BCUT2D eigenvalue weighted by molar-refractivity contribution is -0.0117. The molecule has 1 fully saturated rings. The van der Waals surface area contributed by atoms with Crippen molar-refractivity contribution in [3.8, 4) is 0 Å². The highest BCUT2D eigenvalue weighted by molar-refractivity contribution is 5.68. The number of nitrogens with zero attached hydrogens (tertiary/aromatic N) is 1. The molecule has 8 nitrogen and oxygen atoms in total. The van der Waals surface area contributed by atoms with E-state index in [1.165, 1.54) is 0 Å². The first kappa shape index (κ1) is 27.5. The quantitative estimate of drug-likeness (QED) is 0.522. The van der Waals surface area contributed by atoms with Crippen LogP contribution in [0.25, 0.3) is 0 Å². The molecule has 1 aliphatic rings. The first-order valence-corrected chi connectivity index (χ1v) is 11.5. The molecule has 31 heavy (non-hydrogen) atoms. The Kier molecular flexibility index (Phi) is 10.6. The predicted octanol–water partition coefficient (Wildman–Crippen LogP) is 4.08. The van der Waals surface area contributed by atoms with Gasteiger partial charge in [0.25, 0.3) is 0 Å². The molecular formula is C23H45N3O5. The number of carbonyl (C=O) groups is 2. The second kappa shape index (κ2) is 11.9. The van der Waals surface area contributed by atoms with Gasteiger partial charge in [0.2, 0.25) is 0 Å². The molecule has 1 rings (SSSR count). The molecule has 0 spiro atoms. The largest absolute Gasteiger partial charge is 0.444 e. The second-order valence-electron chi connectivity index (χ2n) is 10.9. The Morgan fingerprint density at radius 3 is 2.03 bits per heavy atom. The van der Waals surface area contributed by atoms with E-state index in [0.717, 1.165) is 38.8 Å². The minimum absolute atomic E-state index is 0.204. The van der Waals surface area contributed by atoms with Gasteiger partial charge in [-0.1, -0.05) is 0 Å². The summed E-state index contributed by atoms with van der Waals surface area (Å²) in [6.45, 7) is 18.9. The summed E-state index contributed by atoms with van der Waals surface area (Å²) in [6, 6.07) is 0. The molecule has 0 saturated carbocycles. The average Bonchev–Trinajstić information content (AvgIpc) is 2.57. The van der Waals surface area contributed by atoms with Crippen molar-refractivity contribution < 1.29 is 23.8 Å². The van der Waals surface area contributed by atoms with Crippen LogP contribution in [-0.2, 0) is 14.2 Å². The van der Waals surface area contributed by atoms with Gasteiger partial charge in [0, 0.05) is 25.2 Å². The molecule has 0 aromatic carbocycles. The number of amides is 2. The van der Waals surface area contributed by atoms with E-state index in [0.29, 0.717) is 19.7 Å². The van der Waals surface area contributed by atoms with Crippen molar-refractivity contribution in [2.24, 2.45) is 0 Å². The number of hydrogen-bond acceptors (Lipinski definition) is 6. The van der Waals surface area contributed by atoms with Gasteiger partial charge in [0.1, 0.15) is 11.2 Å². The van der Waals surface area contributed by atoms with Gasteiger partial charge in [-0.15, -0.1) is 0 Å². The average molecular weight is 444 g/mol. The van der Waals surface area contributed by atoms with Crippen LogP contribution in [0.5, 0.6) is 0 Å². The van der Waals surface area contributed by atoms with Crippen molar-refractivity contribution >= 4 is 12.2 Å². The first-order valence-electron chi connectivity index (χ1n) is 11.5. The molecule has 1 aliphatic heterocycles. The zero-order valence-corrected chi connectivity index (χ0v) is 20.9. The summed E-state index contributed by atoms with van der Waals surface area (Å²) in [5, 5.41) is 6.32. The molecule has 8 heteroatoms. The van der Waals surface area contributed by atoms with Crippen molar-refractivity contribution in [3.05, 3.63) is 0 Å². The Morgan fingerprint density at radius 1 is 0.903 bits per heavy atom. The number of hydrogen-bond donors (Lipinski definition) is 2. The van der Waals surface area contributed by atoms with E-state index in [1.807, 2.05) is 55.4 Å². The zero-order chi connectivity index (χ0) is 23.7. The maximum Gasteiger partial charge on any atom is 0.410 e. The summed E-state index contributed by atoms with van der Waals surface area (Å²) in [4.78, 5) is 25.8. The molecule has 182 valence electrons. The maximum atomic E-state index is 12.1. The van der Waals surface area contributed by atoms with Gasteiger partial charge in [0.05, 0.1) is 6.10 Å². The first-order chi connectivity index (χ1) is 14.2. The number of piperidine rings is 1. The van der Waals surface area contributed by atoms with Crippen LogP contribution >= 0.6 is 0 Å². The molecule has 0 aromatic rings. The highest BCUT2D eigenvalue weighted by atomic mass is 16.6. The van der Waals surface area contributed by atoms with E-state index in [9.17, 15) is 9.59 Å². The molecule has 2 N–H and O–H groups in total. The van der Waals surface area contributed by atoms with Crippen molar-refractivity contribution in [2.45, 2.75) is 104 Å². The summed E-state index contributed by atoms with van der Waals surface area (Å²) in [6.07, 6.45) is 3.00. The Labute approximate surface area is 188 Å². The highest BCUT2D eigenvalue weighted by Gasteiger charge is 2.27.